The zero-order chi connectivity index (χ0) is 15.9. The summed E-state index contributed by atoms with van der Waals surface area (Å²) in [4.78, 5) is 28.1. The van der Waals surface area contributed by atoms with Crippen molar-refractivity contribution in [1.82, 2.24) is 4.57 Å². The van der Waals surface area contributed by atoms with E-state index in [1.807, 2.05) is 39.0 Å². The summed E-state index contributed by atoms with van der Waals surface area (Å²) < 4.78 is 6.81. The molecule has 0 atom stereocenters. The van der Waals surface area contributed by atoms with Gasteiger partial charge in [-0.05, 0) is 32.9 Å². The molecule has 112 valence electrons. The molecular weight excluding hydrogens is 280 g/mol. The average molecular weight is 296 g/mol. The highest BCUT2D eigenvalue weighted by Gasteiger charge is 2.24. The summed E-state index contributed by atoms with van der Waals surface area (Å²) >= 11 is 0. The van der Waals surface area contributed by atoms with Crippen molar-refractivity contribution in [3.63, 3.8) is 0 Å². The first kappa shape index (κ1) is 14.3. The highest BCUT2D eigenvalue weighted by molar-refractivity contribution is 6.16. The van der Waals surface area contributed by atoms with Gasteiger partial charge in [0.2, 0.25) is 0 Å². The Bertz CT molecular complexity index is 794. The van der Waals surface area contributed by atoms with Crippen LogP contribution in [0.1, 0.15) is 36.7 Å². The van der Waals surface area contributed by atoms with E-state index in [-0.39, 0.29) is 5.91 Å². The second-order valence-electron chi connectivity index (χ2n) is 6.08. The molecule has 2 aromatic rings. The van der Waals surface area contributed by atoms with Crippen LogP contribution < -0.4 is 0 Å². The van der Waals surface area contributed by atoms with Crippen LogP contribution in [0.5, 0.6) is 0 Å². The Morgan fingerprint density at radius 2 is 1.95 bits per heavy atom. The molecule has 0 N–H and O–H groups in total. The lowest BCUT2D eigenvalue weighted by Gasteiger charge is -2.20. The smallest absolute Gasteiger partial charge is 0.418 e. The van der Waals surface area contributed by atoms with Crippen molar-refractivity contribution >= 4 is 18.2 Å². The number of hydrogen-bond acceptors (Lipinski definition) is 3. The summed E-state index contributed by atoms with van der Waals surface area (Å²) in [6.07, 6.45) is 2.70. The number of aliphatic imine (C=N–C) groups is 1. The summed E-state index contributed by atoms with van der Waals surface area (Å²) in [5.41, 5.74) is 1.99. The van der Waals surface area contributed by atoms with Gasteiger partial charge in [0, 0.05) is 23.5 Å². The van der Waals surface area contributed by atoms with E-state index in [1.165, 1.54) is 4.57 Å². The van der Waals surface area contributed by atoms with E-state index in [0.717, 1.165) is 5.56 Å². The van der Waals surface area contributed by atoms with Crippen LogP contribution in [-0.4, -0.2) is 28.4 Å². The first-order valence-corrected chi connectivity index (χ1v) is 6.99. The van der Waals surface area contributed by atoms with Crippen LogP contribution >= 0.6 is 0 Å². The van der Waals surface area contributed by atoms with Gasteiger partial charge in [-0.25, -0.2) is 9.79 Å². The fourth-order valence-electron chi connectivity index (χ4n) is 2.39. The van der Waals surface area contributed by atoms with Crippen molar-refractivity contribution < 1.29 is 14.3 Å². The fourth-order valence-corrected chi connectivity index (χ4v) is 2.39. The van der Waals surface area contributed by atoms with E-state index in [2.05, 4.69) is 4.99 Å². The topological polar surface area (TPSA) is 60.7 Å². The summed E-state index contributed by atoms with van der Waals surface area (Å²) in [5.74, 6) is -0.289. The standard InChI is InChI=1S/C17H16N2O3/c1-17(2,3)22-16(21)19-9-5-8-13(19)12-7-4-6-11-10-18-15(20)14(11)12/h4-10H,1-3H3. The van der Waals surface area contributed by atoms with E-state index in [1.54, 1.807) is 24.5 Å². The maximum atomic E-state index is 12.3. The third-order valence-electron chi connectivity index (χ3n) is 3.25. The number of carbonyl (C=O) groups is 2. The fraction of sp³-hybridized carbons (Fsp3) is 0.235. The lowest BCUT2D eigenvalue weighted by atomic mass is 10.0. The molecule has 2 heterocycles. The maximum absolute atomic E-state index is 12.3. The Hall–Kier alpha value is -2.69. The molecule has 1 amide bonds. The van der Waals surface area contributed by atoms with Gasteiger partial charge in [0.1, 0.15) is 5.60 Å². The maximum Gasteiger partial charge on any atom is 0.418 e. The number of fused-ring (bicyclic) bond motifs is 1. The van der Waals surface area contributed by atoms with E-state index >= 15 is 0 Å². The normalized spacial score (nSPS) is 13.3. The molecule has 0 fully saturated rings. The first-order valence-electron chi connectivity index (χ1n) is 6.99. The molecule has 3 rings (SSSR count). The SMILES string of the molecule is CC(C)(C)OC(=O)n1cccc1-c1cccc2c1C(=O)N=C2. The molecule has 0 saturated carbocycles. The number of benzene rings is 1. The van der Waals surface area contributed by atoms with Gasteiger partial charge in [0.25, 0.3) is 5.91 Å². The number of ether oxygens (including phenoxy) is 1. The molecule has 0 radical (unpaired) electrons. The van der Waals surface area contributed by atoms with Crippen molar-refractivity contribution in [1.29, 1.82) is 0 Å². The first-order chi connectivity index (χ1) is 10.4. The minimum atomic E-state index is -0.587. The number of carbonyl (C=O) groups excluding carboxylic acids is 2. The van der Waals surface area contributed by atoms with Gasteiger partial charge in [-0.2, -0.15) is 0 Å². The average Bonchev–Trinajstić information content (AvgIpc) is 3.04. The van der Waals surface area contributed by atoms with Crippen LogP contribution in [0.4, 0.5) is 4.79 Å². The lowest BCUT2D eigenvalue weighted by Crippen LogP contribution is -2.27. The van der Waals surface area contributed by atoms with Crippen LogP contribution in [0.3, 0.4) is 0 Å². The van der Waals surface area contributed by atoms with Crippen LogP contribution in [0.15, 0.2) is 41.5 Å². The largest absolute Gasteiger partial charge is 0.443 e. The monoisotopic (exact) mass is 296 g/mol. The third kappa shape index (κ3) is 2.45. The minimum absolute atomic E-state index is 0.289. The second kappa shape index (κ2) is 4.94. The highest BCUT2D eigenvalue weighted by atomic mass is 16.6. The van der Waals surface area contributed by atoms with Crippen molar-refractivity contribution in [2.45, 2.75) is 26.4 Å². The third-order valence-corrected chi connectivity index (χ3v) is 3.25. The molecule has 0 aliphatic carbocycles. The van der Waals surface area contributed by atoms with Gasteiger partial charge in [-0.15, -0.1) is 0 Å². The molecule has 0 saturated heterocycles. The molecule has 1 aromatic carbocycles. The Labute approximate surface area is 128 Å². The summed E-state index contributed by atoms with van der Waals surface area (Å²) in [7, 11) is 0. The minimum Gasteiger partial charge on any atom is -0.443 e. The van der Waals surface area contributed by atoms with Crippen molar-refractivity contribution in [2.24, 2.45) is 4.99 Å². The molecule has 1 aliphatic heterocycles. The number of nitrogens with zero attached hydrogens (tertiary/aromatic N) is 2. The molecule has 1 aromatic heterocycles. The Balaban J connectivity index is 2.06. The summed E-state index contributed by atoms with van der Waals surface area (Å²) in [6, 6.07) is 9.00. The summed E-state index contributed by atoms with van der Waals surface area (Å²) in [5, 5.41) is 0. The zero-order valence-electron chi connectivity index (χ0n) is 12.7. The Kier molecular flexibility index (Phi) is 3.20. The van der Waals surface area contributed by atoms with Crippen molar-refractivity contribution in [3.05, 3.63) is 47.7 Å². The molecule has 22 heavy (non-hydrogen) atoms. The van der Waals surface area contributed by atoms with Gasteiger partial charge < -0.3 is 4.74 Å². The van der Waals surface area contributed by atoms with Crippen LogP contribution in [0.2, 0.25) is 0 Å². The van der Waals surface area contributed by atoms with E-state index in [4.69, 9.17) is 4.74 Å². The second-order valence-corrected chi connectivity index (χ2v) is 6.08. The molecular formula is C17H16N2O3. The summed E-state index contributed by atoms with van der Waals surface area (Å²) in [6.45, 7) is 5.43. The molecule has 0 unspecified atom stereocenters. The number of amides is 1. The van der Waals surface area contributed by atoms with E-state index in [9.17, 15) is 9.59 Å². The van der Waals surface area contributed by atoms with Crippen molar-refractivity contribution in [3.8, 4) is 11.3 Å². The van der Waals surface area contributed by atoms with Gasteiger partial charge in [0.15, 0.2) is 0 Å². The molecule has 5 heteroatoms. The van der Waals surface area contributed by atoms with Crippen molar-refractivity contribution in [2.75, 3.05) is 0 Å². The van der Waals surface area contributed by atoms with Gasteiger partial charge >= 0.3 is 6.09 Å². The molecule has 5 nitrogen and oxygen atoms in total. The van der Waals surface area contributed by atoms with Crippen LogP contribution in [-0.2, 0) is 4.74 Å². The number of rotatable bonds is 1. The van der Waals surface area contributed by atoms with Gasteiger partial charge in [0.05, 0.1) is 11.3 Å². The Morgan fingerprint density at radius 3 is 2.68 bits per heavy atom. The number of hydrogen-bond donors (Lipinski definition) is 0. The zero-order valence-corrected chi connectivity index (χ0v) is 12.7. The highest BCUT2D eigenvalue weighted by Crippen LogP contribution is 2.29. The van der Waals surface area contributed by atoms with Gasteiger partial charge in [-0.1, -0.05) is 18.2 Å². The molecule has 0 bridgehead atoms. The molecule has 0 spiro atoms. The van der Waals surface area contributed by atoms with Crippen LogP contribution in [0, 0.1) is 0 Å². The van der Waals surface area contributed by atoms with Crippen LogP contribution in [0.25, 0.3) is 11.3 Å². The molecule has 1 aliphatic rings. The lowest BCUT2D eigenvalue weighted by molar-refractivity contribution is 0.0540. The Morgan fingerprint density at radius 1 is 1.18 bits per heavy atom. The predicted octanol–water partition coefficient (Wildman–Crippen LogP) is 3.51. The van der Waals surface area contributed by atoms with E-state index in [0.29, 0.717) is 16.8 Å². The predicted molar refractivity (Wildman–Crippen MR) is 83.4 cm³/mol. The quantitative estimate of drug-likeness (QED) is 0.809. The van der Waals surface area contributed by atoms with Gasteiger partial charge in [-0.3, -0.25) is 9.36 Å². The number of aromatic nitrogens is 1. The van der Waals surface area contributed by atoms with E-state index < -0.39 is 11.7 Å².